The Kier molecular flexibility index (Phi) is 7.29. The van der Waals surface area contributed by atoms with E-state index >= 15 is 0 Å². The summed E-state index contributed by atoms with van der Waals surface area (Å²) in [5.41, 5.74) is 0. The average molecular weight is 219 g/mol. The Hall–Kier alpha value is -0.650. The fourth-order valence-electron chi connectivity index (χ4n) is 1.34. The van der Waals surface area contributed by atoms with E-state index in [-0.39, 0.29) is 12.6 Å². The Morgan fingerprint density at radius 3 is 2.27 bits per heavy atom. The first-order valence-electron chi connectivity index (χ1n) is 5.22. The number of aliphatic hydroxyl groups is 2. The quantitative estimate of drug-likeness (QED) is 0.532. The highest BCUT2D eigenvalue weighted by Gasteiger charge is 2.12. The van der Waals surface area contributed by atoms with Crippen molar-refractivity contribution in [1.82, 2.24) is 4.90 Å². The van der Waals surface area contributed by atoms with Gasteiger partial charge >= 0.3 is 5.97 Å². The van der Waals surface area contributed by atoms with Gasteiger partial charge in [0, 0.05) is 6.54 Å². The van der Waals surface area contributed by atoms with Crippen LogP contribution in [0.4, 0.5) is 0 Å². The minimum Gasteiger partial charge on any atom is -0.480 e. The second-order valence-electron chi connectivity index (χ2n) is 3.88. The lowest BCUT2D eigenvalue weighted by Gasteiger charge is -2.19. The van der Waals surface area contributed by atoms with E-state index in [0.717, 1.165) is 0 Å². The lowest BCUT2D eigenvalue weighted by Crippen LogP contribution is -2.33. The zero-order chi connectivity index (χ0) is 11.8. The lowest BCUT2D eigenvalue weighted by atomic mass is 10.1. The van der Waals surface area contributed by atoms with Gasteiger partial charge in [0.2, 0.25) is 0 Å². The first-order chi connectivity index (χ1) is 6.95. The van der Waals surface area contributed by atoms with E-state index in [2.05, 4.69) is 0 Å². The van der Waals surface area contributed by atoms with Gasteiger partial charge in [0.1, 0.15) is 0 Å². The molecule has 0 aliphatic carbocycles. The third-order valence-corrected chi connectivity index (χ3v) is 2.23. The maximum Gasteiger partial charge on any atom is 0.317 e. The molecule has 2 atom stereocenters. The molecule has 0 amide bonds. The number of carbonyl (C=O) groups is 1. The van der Waals surface area contributed by atoms with Crippen LogP contribution in [0, 0.1) is 0 Å². The zero-order valence-electron chi connectivity index (χ0n) is 9.39. The third-order valence-electron chi connectivity index (χ3n) is 2.23. The molecule has 0 aromatic carbocycles. The molecule has 0 aliphatic heterocycles. The van der Waals surface area contributed by atoms with Gasteiger partial charge in [-0.05, 0) is 26.3 Å². The van der Waals surface area contributed by atoms with Crippen LogP contribution in [0.2, 0.25) is 0 Å². The Morgan fingerprint density at radius 2 is 1.80 bits per heavy atom. The second-order valence-corrected chi connectivity index (χ2v) is 3.88. The van der Waals surface area contributed by atoms with Crippen LogP contribution in [0.25, 0.3) is 0 Å². The highest BCUT2D eigenvalue weighted by molar-refractivity contribution is 5.68. The van der Waals surface area contributed by atoms with Gasteiger partial charge in [0.15, 0.2) is 0 Å². The van der Waals surface area contributed by atoms with Gasteiger partial charge in [0.05, 0.1) is 18.8 Å². The molecule has 0 spiro atoms. The molecule has 0 saturated carbocycles. The summed E-state index contributed by atoms with van der Waals surface area (Å²) in [4.78, 5) is 11.9. The molecule has 2 unspecified atom stereocenters. The van der Waals surface area contributed by atoms with Gasteiger partial charge in [0.25, 0.3) is 0 Å². The van der Waals surface area contributed by atoms with Crippen molar-refractivity contribution < 1.29 is 20.1 Å². The standard InChI is InChI=1S/C10H21NO4/c1-3-8(12)4-5-9(13)6-11(2)7-10(14)15/h8-9,12-13H,3-7H2,1-2H3,(H,14,15). The fraction of sp³-hybridized carbons (Fsp3) is 0.900. The molecule has 90 valence electrons. The van der Waals surface area contributed by atoms with Crippen molar-refractivity contribution >= 4 is 5.97 Å². The summed E-state index contributed by atoms with van der Waals surface area (Å²) in [5.74, 6) is -0.904. The van der Waals surface area contributed by atoms with E-state index < -0.39 is 12.1 Å². The SMILES string of the molecule is CCC(O)CCC(O)CN(C)CC(=O)O. The molecule has 0 aliphatic rings. The lowest BCUT2D eigenvalue weighted by molar-refractivity contribution is -0.138. The minimum absolute atomic E-state index is 0.0760. The van der Waals surface area contributed by atoms with Crippen molar-refractivity contribution in [3.05, 3.63) is 0 Å². The number of carboxylic acids is 1. The average Bonchev–Trinajstić information content (AvgIpc) is 2.12. The molecule has 0 heterocycles. The number of nitrogens with zero attached hydrogens (tertiary/aromatic N) is 1. The third kappa shape index (κ3) is 8.35. The van der Waals surface area contributed by atoms with Gasteiger partial charge < -0.3 is 15.3 Å². The molecule has 5 heteroatoms. The van der Waals surface area contributed by atoms with Crippen LogP contribution < -0.4 is 0 Å². The van der Waals surface area contributed by atoms with Crippen molar-refractivity contribution in [2.45, 2.75) is 38.4 Å². The topological polar surface area (TPSA) is 81.0 Å². The number of rotatable bonds is 8. The summed E-state index contributed by atoms with van der Waals surface area (Å²) >= 11 is 0. The Balaban J connectivity index is 3.63. The van der Waals surface area contributed by atoms with E-state index in [1.165, 1.54) is 0 Å². The summed E-state index contributed by atoms with van der Waals surface area (Å²) in [5, 5.41) is 27.3. The number of hydrogen-bond acceptors (Lipinski definition) is 4. The van der Waals surface area contributed by atoms with E-state index in [0.29, 0.717) is 25.8 Å². The molecule has 15 heavy (non-hydrogen) atoms. The largest absolute Gasteiger partial charge is 0.480 e. The maximum absolute atomic E-state index is 10.3. The normalized spacial score (nSPS) is 15.3. The summed E-state index contributed by atoms with van der Waals surface area (Å²) < 4.78 is 0. The number of aliphatic carboxylic acids is 1. The monoisotopic (exact) mass is 219 g/mol. The van der Waals surface area contributed by atoms with Crippen LogP contribution in [-0.2, 0) is 4.79 Å². The molecule has 0 rings (SSSR count). The fourth-order valence-corrected chi connectivity index (χ4v) is 1.34. The molecule has 0 aromatic heterocycles. The summed E-state index contributed by atoms with van der Waals surface area (Å²) in [6.45, 7) is 2.13. The molecule has 0 fully saturated rings. The van der Waals surface area contributed by atoms with E-state index in [1.807, 2.05) is 6.92 Å². The van der Waals surface area contributed by atoms with Crippen molar-refractivity contribution in [3.63, 3.8) is 0 Å². The minimum atomic E-state index is -0.904. The van der Waals surface area contributed by atoms with E-state index in [4.69, 9.17) is 5.11 Å². The molecule has 0 saturated heterocycles. The number of likely N-dealkylation sites (N-methyl/N-ethyl adjacent to an activating group) is 1. The van der Waals surface area contributed by atoms with Gasteiger partial charge in [-0.1, -0.05) is 6.92 Å². The predicted octanol–water partition coefficient (Wildman–Crippen LogP) is -0.0852. The first kappa shape index (κ1) is 14.3. The second kappa shape index (κ2) is 7.62. The van der Waals surface area contributed by atoms with Crippen LogP contribution in [-0.4, -0.2) is 58.5 Å². The van der Waals surface area contributed by atoms with Crippen LogP contribution in [0.3, 0.4) is 0 Å². The Labute approximate surface area is 90.3 Å². The predicted molar refractivity (Wildman–Crippen MR) is 56.7 cm³/mol. The van der Waals surface area contributed by atoms with Gasteiger partial charge in [-0.2, -0.15) is 0 Å². The zero-order valence-corrected chi connectivity index (χ0v) is 9.39. The summed E-state index contributed by atoms with van der Waals surface area (Å²) in [7, 11) is 1.65. The Bertz CT molecular complexity index is 186. The van der Waals surface area contributed by atoms with Crippen LogP contribution in [0.5, 0.6) is 0 Å². The number of aliphatic hydroxyl groups excluding tert-OH is 2. The van der Waals surface area contributed by atoms with Crippen molar-refractivity contribution in [3.8, 4) is 0 Å². The Morgan fingerprint density at radius 1 is 1.27 bits per heavy atom. The van der Waals surface area contributed by atoms with Crippen LogP contribution in [0.1, 0.15) is 26.2 Å². The molecule has 3 N–H and O–H groups in total. The molecular formula is C10H21NO4. The molecule has 0 radical (unpaired) electrons. The molecule has 5 nitrogen and oxygen atoms in total. The van der Waals surface area contributed by atoms with Crippen molar-refractivity contribution in [2.24, 2.45) is 0 Å². The highest BCUT2D eigenvalue weighted by atomic mass is 16.4. The maximum atomic E-state index is 10.3. The van der Waals surface area contributed by atoms with Crippen molar-refractivity contribution in [2.75, 3.05) is 20.1 Å². The van der Waals surface area contributed by atoms with Crippen LogP contribution in [0.15, 0.2) is 0 Å². The van der Waals surface area contributed by atoms with Crippen molar-refractivity contribution in [1.29, 1.82) is 0 Å². The number of hydrogen-bond donors (Lipinski definition) is 3. The number of carboxylic acid groups (broad SMARTS) is 1. The van der Waals surface area contributed by atoms with E-state index in [9.17, 15) is 15.0 Å². The van der Waals surface area contributed by atoms with Crippen LogP contribution >= 0.6 is 0 Å². The smallest absolute Gasteiger partial charge is 0.317 e. The molecular weight excluding hydrogens is 198 g/mol. The first-order valence-corrected chi connectivity index (χ1v) is 5.22. The van der Waals surface area contributed by atoms with Gasteiger partial charge in [-0.25, -0.2) is 0 Å². The highest BCUT2D eigenvalue weighted by Crippen LogP contribution is 2.05. The molecule has 0 aromatic rings. The van der Waals surface area contributed by atoms with E-state index in [1.54, 1.807) is 11.9 Å². The summed E-state index contributed by atoms with van der Waals surface area (Å²) in [6, 6.07) is 0. The van der Waals surface area contributed by atoms with Gasteiger partial charge in [-0.15, -0.1) is 0 Å². The molecule has 0 bridgehead atoms. The summed E-state index contributed by atoms with van der Waals surface area (Å²) in [6.07, 6.45) is 0.787. The van der Waals surface area contributed by atoms with Gasteiger partial charge in [-0.3, -0.25) is 9.69 Å².